The number of benzene rings is 1. The molecule has 1 aromatic carbocycles. The normalized spacial score (nSPS) is 11.4. The second-order valence-corrected chi connectivity index (χ2v) is 4.34. The predicted octanol–water partition coefficient (Wildman–Crippen LogP) is 1.89. The maximum atomic E-state index is 11.8. The van der Waals surface area contributed by atoms with E-state index in [0.29, 0.717) is 11.3 Å². The summed E-state index contributed by atoms with van der Waals surface area (Å²) in [6, 6.07) is 4.74. The van der Waals surface area contributed by atoms with E-state index in [0.717, 1.165) is 4.47 Å². The topological polar surface area (TPSA) is 47.6 Å². The van der Waals surface area contributed by atoms with Crippen molar-refractivity contribution in [1.29, 1.82) is 0 Å². The molecule has 0 aromatic heterocycles. The molecule has 1 unspecified atom stereocenters. The smallest absolute Gasteiger partial charge is 0.327 e. The van der Waals surface area contributed by atoms with Crippen LogP contribution in [0.4, 0.5) is 0 Å². The third-order valence-electron chi connectivity index (χ3n) is 2.35. The molecular formula is C13H14BrNO3. The molecule has 0 aliphatic carbocycles. The maximum absolute atomic E-state index is 11.8. The molecular weight excluding hydrogens is 298 g/mol. The van der Waals surface area contributed by atoms with E-state index in [9.17, 15) is 4.79 Å². The van der Waals surface area contributed by atoms with Crippen molar-refractivity contribution in [1.82, 2.24) is 5.32 Å². The lowest BCUT2D eigenvalue weighted by Gasteiger charge is -2.18. The molecule has 0 amide bonds. The van der Waals surface area contributed by atoms with Crippen molar-refractivity contribution in [2.24, 2.45) is 0 Å². The number of esters is 1. The molecule has 1 aromatic rings. The Hall–Kier alpha value is -1.51. The summed E-state index contributed by atoms with van der Waals surface area (Å²) >= 11 is 3.36. The lowest BCUT2D eigenvalue weighted by Crippen LogP contribution is -2.30. The standard InChI is InChI=1S/C13H14BrNO3/c1-4-7-15-12(13(16)18-3)10-8-9(14)5-6-11(10)17-2/h1,5-6,8,12,15H,7H2,2-3H3. The fourth-order valence-corrected chi connectivity index (χ4v) is 1.91. The summed E-state index contributed by atoms with van der Waals surface area (Å²) in [5, 5.41) is 2.93. The number of hydrogen-bond acceptors (Lipinski definition) is 4. The molecule has 4 nitrogen and oxygen atoms in total. The Morgan fingerprint density at radius 1 is 1.56 bits per heavy atom. The van der Waals surface area contributed by atoms with Gasteiger partial charge in [0.2, 0.25) is 0 Å². The van der Waals surface area contributed by atoms with Crippen LogP contribution in [0.25, 0.3) is 0 Å². The zero-order valence-electron chi connectivity index (χ0n) is 10.2. The number of nitrogens with one attached hydrogen (secondary N) is 1. The first-order valence-electron chi connectivity index (χ1n) is 5.22. The molecule has 1 rings (SSSR count). The van der Waals surface area contributed by atoms with E-state index in [4.69, 9.17) is 15.9 Å². The van der Waals surface area contributed by atoms with Crippen LogP contribution in [0.15, 0.2) is 22.7 Å². The highest BCUT2D eigenvalue weighted by Gasteiger charge is 2.24. The number of ether oxygens (including phenoxy) is 2. The van der Waals surface area contributed by atoms with Gasteiger partial charge in [0, 0.05) is 10.0 Å². The second-order valence-electron chi connectivity index (χ2n) is 3.43. The van der Waals surface area contributed by atoms with Crippen molar-refractivity contribution in [2.75, 3.05) is 20.8 Å². The first kappa shape index (κ1) is 14.6. The van der Waals surface area contributed by atoms with Crippen LogP contribution in [0.1, 0.15) is 11.6 Å². The molecule has 0 bridgehead atoms. The van der Waals surface area contributed by atoms with E-state index in [-0.39, 0.29) is 6.54 Å². The Bertz CT molecular complexity index is 468. The largest absolute Gasteiger partial charge is 0.496 e. The third kappa shape index (κ3) is 3.49. The molecule has 0 radical (unpaired) electrons. The van der Waals surface area contributed by atoms with Gasteiger partial charge < -0.3 is 9.47 Å². The summed E-state index contributed by atoms with van der Waals surface area (Å²) in [7, 11) is 2.87. The van der Waals surface area contributed by atoms with Gasteiger partial charge in [-0.3, -0.25) is 5.32 Å². The number of hydrogen-bond donors (Lipinski definition) is 1. The lowest BCUT2D eigenvalue weighted by atomic mass is 10.1. The number of methoxy groups -OCH3 is 2. The lowest BCUT2D eigenvalue weighted by molar-refractivity contribution is -0.143. The summed E-state index contributed by atoms with van der Waals surface area (Å²) in [5.74, 6) is 2.61. The van der Waals surface area contributed by atoms with Gasteiger partial charge in [0.1, 0.15) is 11.8 Å². The summed E-state index contributed by atoms with van der Waals surface area (Å²) in [4.78, 5) is 11.8. The van der Waals surface area contributed by atoms with Crippen LogP contribution in [0.2, 0.25) is 0 Å². The minimum absolute atomic E-state index is 0.259. The van der Waals surface area contributed by atoms with Gasteiger partial charge in [0.15, 0.2) is 0 Å². The Kier molecular flexibility index (Phi) is 5.69. The quantitative estimate of drug-likeness (QED) is 0.666. The van der Waals surface area contributed by atoms with Crippen LogP contribution < -0.4 is 10.1 Å². The Balaban J connectivity index is 3.14. The highest BCUT2D eigenvalue weighted by atomic mass is 79.9. The highest BCUT2D eigenvalue weighted by Crippen LogP contribution is 2.29. The van der Waals surface area contributed by atoms with Crippen LogP contribution in [-0.4, -0.2) is 26.7 Å². The Labute approximate surface area is 115 Å². The van der Waals surface area contributed by atoms with Crippen LogP contribution in [0.3, 0.4) is 0 Å². The predicted molar refractivity (Wildman–Crippen MR) is 72.3 cm³/mol. The van der Waals surface area contributed by atoms with Crippen LogP contribution >= 0.6 is 15.9 Å². The van der Waals surface area contributed by atoms with Gasteiger partial charge in [0.05, 0.1) is 20.8 Å². The molecule has 0 saturated carbocycles. The number of terminal acetylenes is 1. The van der Waals surface area contributed by atoms with Gasteiger partial charge in [-0.1, -0.05) is 21.9 Å². The SMILES string of the molecule is C#CCNC(C(=O)OC)c1cc(Br)ccc1OC. The van der Waals surface area contributed by atoms with Gasteiger partial charge >= 0.3 is 5.97 Å². The van der Waals surface area contributed by atoms with Crippen LogP contribution in [0.5, 0.6) is 5.75 Å². The van der Waals surface area contributed by atoms with Crippen molar-refractivity contribution in [3.05, 3.63) is 28.2 Å². The van der Waals surface area contributed by atoms with Gasteiger partial charge in [-0.25, -0.2) is 4.79 Å². The fourth-order valence-electron chi connectivity index (χ4n) is 1.53. The van der Waals surface area contributed by atoms with E-state index in [1.165, 1.54) is 7.11 Å². The monoisotopic (exact) mass is 311 g/mol. The van der Waals surface area contributed by atoms with Crippen molar-refractivity contribution in [3.63, 3.8) is 0 Å². The Morgan fingerprint density at radius 3 is 2.83 bits per heavy atom. The molecule has 0 aliphatic rings. The average molecular weight is 312 g/mol. The molecule has 0 aliphatic heterocycles. The first-order chi connectivity index (χ1) is 8.63. The van der Waals surface area contributed by atoms with Gasteiger partial charge in [-0.05, 0) is 18.2 Å². The molecule has 0 spiro atoms. The van der Waals surface area contributed by atoms with Gasteiger partial charge in [-0.15, -0.1) is 6.42 Å². The summed E-state index contributed by atoms with van der Waals surface area (Å²) in [5.41, 5.74) is 0.675. The van der Waals surface area contributed by atoms with Gasteiger partial charge in [0.25, 0.3) is 0 Å². The summed E-state index contributed by atoms with van der Waals surface area (Å²) < 4.78 is 10.8. The molecule has 1 N–H and O–H groups in total. The summed E-state index contributed by atoms with van der Waals surface area (Å²) in [6.45, 7) is 0.259. The molecule has 0 fully saturated rings. The van der Waals surface area contributed by atoms with Crippen LogP contribution in [0, 0.1) is 12.3 Å². The summed E-state index contributed by atoms with van der Waals surface area (Å²) in [6.07, 6.45) is 5.19. The van der Waals surface area contributed by atoms with E-state index in [1.807, 2.05) is 6.07 Å². The van der Waals surface area contributed by atoms with Crippen LogP contribution in [-0.2, 0) is 9.53 Å². The van der Waals surface area contributed by atoms with Crippen molar-refractivity contribution in [2.45, 2.75) is 6.04 Å². The zero-order chi connectivity index (χ0) is 13.5. The van der Waals surface area contributed by atoms with Crippen molar-refractivity contribution >= 4 is 21.9 Å². The first-order valence-corrected chi connectivity index (χ1v) is 6.01. The van der Waals surface area contributed by atoms with Crippen molar-refractivity contribution < 1.29 is 14.3 Å². The number of rotatable bonds is 5. The molecule has 0 heterocycles. The average Bonchev–Trinajstić information content (AvgIpc) is 2.39. The molecule has 96 valence electrons. The maximum Gasteiger partial charge on any atom is 0.327 e. The highest BCUT2D eigenvalue weighted by molar-refractivity contribution is 9.10. The van der Waals surface area contributed by atoms with E-state index < -0.39 is 12.0 Å². The fraction of sp³-hybridized carbons (Fsp3) is 0.308. The molecule has 5 heteroatoms. The van der Waals surface area contributed by atoms with Gasteiger partial charge in [-0.2, -0.15) is 0 Å². The molecule has 1 atom stereocenters. The Morgan fingerprint density at radius 2 is 2.28 bits per heavy atom. The second kappa shape index (κ2) is 7.04. The number of carbonyl (C=O) groups is 1. The molecule has 0 saturated heterocycles. The number of halogens is 1. The third-order valence-corrected chi connectivity index (χ3v) is 2.84. The van der Waals surface area contributed by atoms with E-state index in [1.54, 1.807) is 19.2 Å². The minimum atomic E-state index is -0.654. The van der Waals surface area contributed by atoms with E-state index >= 15 is 0 Å². The zero-order valence-corrected chi connectivity index (χ0v) is 11.8. The molecule has 18 heavy (non-hydrogen) atoms. The minimum Gasteiger partial charge on any atom is -0.496 e. The van der Waals surface area contributed by atoms with E-state index in [2.05, 4.69) is 27.2 Å². The number of carbonyl (C=O) groups excluding carboxylic acids is 1. The van der Waals surface area contributed by atoms with Crippen molar-refractivity contribution in [3.8, 4) is 18.1 Å².